The second kappa shape index (κ2) is 13.3. The molecular formula is C51H36N2. The van der Waals surface area contributed by atoms with Crippen molar-refractivity contribution >= 4 is 16.6 Å². The van der Waals surface area contributed by atoms with Gasteiger partial charge in [-0.3, -0.25) is 5.41 Å². The van der Waals surface area contributed by atoms with Crippen molar-refractivity contribution in [3.8, 4) is 44.5 Å². The summed E-state index contributed by atoms with van der Waals surface area (Å²) in [5, 5.41) is 9.77. The summed E-state index contributed by atoms with van der Waals surface area (Å²) >= 11 is 0. The van der Waals surface area contributed by atoms with E-state index in [1.807, 2.05) is 24.3 Å². The number of pyridine rings is 1. The van der Waals surface area contributed by atoms with Crippen molar-refractivity contribution in [2.24, 2.45) is 0 Å². The van der Waals surface area contributed by atoms with Crippen molar-refractivity contribution in [1.82, 2.24) is 4.98 Å². The third-order valence-electron chi connectivity index (χ3n) is 10.6. The highest BCUT2D eigenvalue weighted by Crippen LogP contribution is 2.58. The van der Waals surface area contributed by atoms with Crippen LogP contribution in [0, 0.1) is 5.41 Å². The molecule has 1 aliphatic carbocycles. The van der Waals surface area contributed by atoms with Crippen molar-refractivity contribution in [3.63, 3.8) is 0 Å². The molecule has 0 saturated carbocycles. The number of fused-ring (bicyclic) bond motifs is 4. The lowest BCUT2D eigenvalue weighted by Crippen LogP contribution is -2.28. The number of rotatable bonds is 8. The van der Waals surface area contributed by atoms with Crippen molar-refractivity contribution in [3.05, 3.63) is 235 Å². The van der Waals surface area contributed by atoms with Gasteiger partial charge in [-0.1, -0.05) is 189 Å². The number of aromatic nitrogens is 1. The Bertz CT molecular complexity index is 2630. The summed E-state index contributed by atoms with van der Waals surface area (Å²) in [6, 6.07) is 65.4. The van der Waals surface area contributed by atoms with Gasteiger partial charge in [0.25, 0.3) is 0 Å². The molecule has 1 aromatic heterocycles. The van der Waals surface area contributed by atoms with E-state index < -0.39 is 5.41 Å². The summed E-state index contributed by atoms with van der Waals surface area (Å²) < 4.78 is 0. The lowest BCUT2D eigenvalue weighted by atomic mass is 9.67. The first-order valence-corrected chi connectivity index (χ1v) is 18.0. The fraction of sp³-hybridized carbons (Fsp3) is 0.0196. The molecule has 0 atom stereocenters. The summed E-state index contributed by atoms with van der Waals surface area (Å²) in [5.74, 6) is 0. The standard InChI is InChI=1S/C51H36N2/c1-2-3-26-47(52)49-34-44(36-16-7-4-8-17-36)42-32-31-38(33-48(42)53-49)35-27-29-37(30-28-35)41-23-15-25-46-50(41)43-22-13-14-24-45(43)51(46,39-18-9-5-10-19-39)40-20-11-6-12-21-40/h2-34,52H,1H2/b26-3-,52-47?. The Morgan fingerprint density at radius 3 is 1.77 bits per heavy atom. The molecule has 250 valence electrons. The Balaban J connectivity index is 1.16. The highest BCUT2D eigenvalue weighted by molar-refractivity contribution is 6.09. The second-order valence-electron chi connectivity index (χ2n) is 13.5. The van der Waals surface area contributed by atoms with E-state index in [1.165, 1.54) is 44.5 Å². The van der Waals surface area contributed by atoms with E-state index in [2.05, 4.69) is 164 Å². The van der Waals surface area contributed by atoms with Gasteiger partial charge in [0, 0.05) is 5.39 Å². The molecule has 7 aromatic carbocycles. The maximum atomic E-state index is 8.71. The molecule has 0 amide bonds. The first-order chi connectivity index (χ1) is 26.2. The fourth-order valence-electron chi connectivity index (χ4n) is 8.23. The average Bonchev–Trinajstić information content (AvgIpc) is 3.54. The number of benzene rings is 7. The number of hydrogen-bond donors (Lipinski definition) is 1. The zero-order valence-corrected chi connectivity index (χ0v) is 29.2. The second-order valence-corrected chi connectivity index (χ2v) is 13.5. The average molecular weight is 677 g/mol. The molecule has 9 rings (SSSR count). The molecular weight excluding hydrogens is 641 g/mol. The van der Waals surface area contributed by atoms with Gasteiger partial charge in [0.2, 0.25) is 0 Å². The van der Waals surface area contributed by atoms with Crippen molar-refractivity contribution in [2.75, 3.05) is 0 Å². The molecule has 2 heteroatoms. The molecule has 1 aliphatic rings. The molecule has 0 bridgehead atoms. The van der Waals surface area contributed by atoms with Gasteiger partial charge in [0.1, 0.15) is 0 Å². The van der Waals surface area contributed by atoms with E-state index >= 15 is 0 Å². The Kier molecular flexibility index (Phi) is 8.06. The molecule has 53 heavy (non-hydrogen) atoms. The molecule has 8 aromatic rings. The normalized spacial score (nSPS) is 12.8. The minimum absolute atomic E-state index is 0.347. The van der Waals surface area contributed by atoms with Crippen LogP contribution in [0.15, 0.2) is 207 Å². The van der Waals surface area contributed by atoms with Crippen LogP contribution in [0.1, 0.15) is 27.9 Å². The van der Waals surface area contributed by atoms with Crippen molar-refractivity contribution in [1.29, 1.82) is 5.41 Å². The van der Waals surface area contributed by atoms with Gasteiger partial charge in [-0.05, 0) is 85.0 Å². The van der Waals surface area contributed by atoms with E-state index in [0.717, 1.165) is 33.2 Å². The van der Waals surface area contributed by atoms with Gasteiger partial charge in [-0.15, -0.1) is 0 Å². The van der Waals surface area contributed by atoms with E-state index in [0.29, 0.717) is 11.4 Å². The third-order valence-corrected chi connectivity index (χ3v) is 10.6. The van der Waals surface area contributed by atoms with Gasteiger partial charge in [0.15, 0.2) is 0 Å². The first-order valence-electron chi connectivity index (χ1n) is 18.0. The van der Waals surface area contributed by atoms with Crippen LogP contribution in [0.4, 0.5) is 0 Å². The molecule has 0 spiro atoms. The van der Waals surface area contributed by atoms with Crippen LogP contribution < -0.4 is 0 Å². The first kappa shape index (κ1) is 32.0. The van der Waals surface area contributed by atoms with Crippen LogP contribution >= 0.6 is 0 Å². The lowest BCUT2D eigenvalue weighted by molar-refractivity contribution is 0.768. The molecule has 1 N–H and O–H groups in total. The van der Waals surface area contributed by atoms with Crippen LogP contribution in [0.5, 0.6) is 0 Å². The highest BCUT2D eigenvalue weighted by Gasteiger charge is 2.46. The minimum Gasteiger partial charge on any atom is -0.299 e. The van der Waals surface area contributed by atoms with Crippen molar-refractivity contribution < 1.29 is 0 Å². The maximum Gasteiger partial charge on any atom is 0.0892 e. The van der Waals surface area contributed by atoms with Gasteiger partial charge in [0.05, 0.1) is 22.3 Å². The van der Waals surface area contributed by atoms with Gasteiger partial charge >= 0.3 is 0 Å². The summed E-state index contributed by atoms with van der Waals surface area (Å²) in [6.45, 7) is 3.77. The van der Waals surface area contributed by atoms with Crippen LogP contribution in [0.3, 0.4) is 0 Å². The van der Waals surface area contributed by atoms with E-state index in [4.69, 9.17) is 10.4 Å². The third kappa shape index (κ3) is 5.35. The number of nitrogens with one attached hydrogen (secondary N) is 1. The lowest BCUT2D eigenvalue weighted by Gasteiger charge is -2.34. The predicted molar refractivity (Wildman–Crippen MR) is 222 cm³/mol. The number of nitrogens with zero attached hydrogens (tertiary/aromatic N) is 1. The zero-order valence-electron chi connectivity index (χ0n) is 29.2. The Morgan fingerprint density at radius 1 is 0.509 bits per heavy atom. The molecule has 0 saturated heterocycles. The summed E-state index contributed by atoms with van der Waals surface area (Å²) in [6.07, 6.45) is 5.19. The monoisotopic (exact) mass is 676 g/mol. The smallest absolute Gasteiger partial charge is 0.0892 e. The molecule has 0 fully saturated rings. The van der Waals surface area contributed by atoms with E-state index in [9.17, 15) is 0 Å². The molecule has 0 unspecified atom stereocenters. The van der Waals surface area contributed by atoms with Gasteiger partial charge in [-0.2, -0.15) is 0 Å². The largest absolute Gasteiger partial charge is 0.299 e. The molecule has 0 aliphatic heterocycles. The minimum atomic E-state index is -0.433. The summed E-state index contributed by atoms with van der Waals surface area (Å²) in [4.78, 5) is 4.98. The number of allylic oxidation sites excluding steroid dienone is 3. The zero-order chi connectivity index (χ0) is 35.8. The molecule has 1 heterocycles. The quantitative estimate of drug-likeness (QED) is 0.126. The number of hydrogen-bond acceptors (Lipinski definition) is 2. The SMILES string of the molecule is C=C/C=C\C(=N)c1cc(-c2ccccc2)c2ccc(-c3ccc(-c4cccc5c4-c4ccccc4C5(c4ccccc4)c4ccccc4)cc3)cc2n1. The van der Waals surface area contributed by atoms with Crippen LogP contribution in [0.25, 0.3) is 55.4 Å². The van der Waals surface area contributed by atoms with E-state index in [-0.39, 0.29) is 0 Å². The Morgan fingerprint density at radius 2 is 1.08 bits per heavy atom. The topological polar surface area (TPSA) is 36.7 Å². The maximum absolute atomic E-state index is 8.71. The molecule has 2 nitrogen and oxygen atoms in total. The summed E-state index contributed by atoms with van der Waals surface area (Å²) in [5.41, 5.74) is 15.8. The van der Waals surface area contributed by atoms with E-state index in [1.54, 1.807) is 18.2 Å². The van der Waals surface area contributed by atoms with Gasteiger partial charge < -0.3 is 0 Å². The van der Waals surface area contributed by atoms with Crippen LogP contribution in [-0.4, -0.2) is 10.7 Å². The Labute approximate surface area is 310 Å². The molecule has 0 radical (unpaired) electrons. The predicted octanol–water partition coefficient (Wildman–Crippen LogP) is 12.7. The summed E-state index contributed by atoms with van der Waals surface area (Å²) in [7, 11) is 0. The Hall–Kier alpha value is -6.90. The highest BCUT2D eigenvalue weighted by atomic mass is 14.7. The van der Waals surface area contributed by atoms with Crippen molar-refractivity contribution in [2.45, 2.75) is 5.41 Å². The van der Waals surface area contributed by atoms with Crippen LogP contribution in [-0.2, 0) is 5.41 Å². The van der Waals surface area contributed by atoms with Gasteiger partial charge in [-0.25, -0.2) is 4.98 Å². The van der Waals surface area contributed by atoms with Crippen LogP contribution in [0.2, 0.25) is 0 Å². The fourth-order valence-corrected chi connectivity index (χ4v) is 8.23.